The Balaban J connectivity index is 0.000000230. The van der Waals surface area contributed by atoms with E-state index in [4.69, 9.17) is 0 Å². The highest BCUT2D eigenvalue weighted by Crippen LogP contribution is 2.30. The van der Waals surface area contributed by atoms with Crippen LogP contribution in [0.25, 0.3) is 0 Å². The number of aromatic hydroxyl groups is 2. The first-order valence-electron chi connectivity index (χ1n) is 12.2. The maximum absolute atomic E-state index is 10.8. The van der Waals surface area contributed by atoms with Crippen LogP contribution in [0.3, 0.4) is 0 Å². The van der Waals surface area contributed by atoms with Crippen LogP contribution in [0.15, 0.2) is 72.8 Å². The summed E-state index contributed by atoms with van der Waals surface area (Å²) in [5, 5.41) is 62.5. The van der Waals surface area contributed by atoms with Crippen molar-refractivity contribution in [2.45, 2.75) is 26.7 Å². The monoisotopic (exact) mass is 576 g/mol. The van der Waals surface area contributed by atoms with Crippen molar-refractivity contribution in [1.82, 2.24) is 0 Å². The van der Waals surface area contributed by atoms with Crippen molar-refractivity contribution in [2.75, 3.05) is 0 Å². The average molecular weight is 577 g/mol. The molecule has 0 aromatic heterocycles. The molecule has 42 heavy (non-hydrogen) atoms. The molecule has 4 aromatic rings. The van der Waals surface area contributed by atoms with Crippen LogP contribution in [0.1, 0.15) is 33.4 Å². The predicted molar refractivity (Wildman–Crippen MR) is 151 cm³/mol. The number of aryl methyl sites for hydroxylation is 2. The minimum absolute atomic E-state index is 0.0266. The topological polar surface area (TPSA) is 213 Å². The highest BCUT2D eigenvalue weighted by Gasteiger charge is 2.16. The van der Waals surface area contributed by atoms with Crippen molar-refractivity contribution in [2.24, 2.45) is 0 Å². The molecular formula is C28H24N4O10. The van der Waals surface area contributed by atoms with Crippen molar-refractivity contribution in [3.8, 4) is 11.5 Å². The Morgan fingerprint density at radius 3 is 1.05 bits per heavy atom. The standard InChI is InChI=1S/C15H14N2O4.C13H10N2O6/c1-10-3-5-14(16(18)19)8-12(10)7-13-9-15(17(20)21)6-4-11(13)2;16-12-3-1-10(14(18)19)6-8(12)5-9-7-11(15(20)21)2-4-13(9)17/h3-6,8-9H,7H2,1-2H3;1-4,6-7,16-17H,5H2. The van der Waals surface area contributed by atoms with Gasteiger partial charge in [0.1, 0.15) is 11.5 Å². The van der Waals surface area contributed by atoms with E-state index in [0.717, 1.165) is 46.5 Å². The Kier molecular flexibility index (Phi) is 9.44. The number of hydrogen-bond acceptors (Lipinski definition) is 10. The van der Waals surface area contributed by atoms with Crippen LogP contribution in [0, 0.1) is 54.3 Å². The van der Waals surface area contributed by atoms with Gasteiger partial charge in [-0.1, -0.05) is 12.1 Å². The number of nitro groups is 4. The molecule has 0 aliphatic carbocycles. The van der Waals surface area contributed by atoms with E-state index in [0.29, 0.717) is 6.42 Å². The van der Waals surface area contributed by atoms with Crippen molar-refractivity contribution in [3.05, 3.63) is 147 Å². The number of nitrogens with zero attached hydrogens (tertiary/aromatic N) is 4. The van der Waals surface area contributed by atoms with Crippen LogP contribution >= 0.6 is 0 Å². The van der Waals surface area contributed by atoms with Gasteiger partial charge in [0, 0.05) is 66.1 Å². The summed E-state index contributed by atoms with van der Waals surface area (Å²) >= 11 is 0. The summed E-state index contributed by atoms with van der Waals surface area (Å²) in [5.41, 5.74) is 3.46. The zero-order valence-electron chi connectivity index (χ0n) is 22.3. The second kappa shape index (κ2) is 13.0. The van der Waals surface area contributed by atoms with Gasteiger partial charge in [-0.25, -0.2) is 0 Å². The van der Waals surface area contributed by atoms with E-state index >= 15 is 0 Å². The first-order chi connectivity index (χ1) is 19.8. The Labute approximate surface area is 237 Å². The van der Waals surface area contributed by atoms with Gasteiger partial charge in [0.25, 0.3) is 22.7 Å². The van der Waals surface area contributed by atoms with Crippen LogP contribution in [0.4, 0.5) is 22.7 Å². The molecule has 4 rings (SSSR count). The van der Waals surface area contributed by atoms with Gasteiger partial charge in [-0.3, -0.25) is 40.5 Å². The Morgan fingerprint density at radius 1 is 0.476 bits per heavy atom. The third-order valence-corrected chi connectivity index (χ3v) is 6.40. The van der Waals surface area contributed by atoms with Crippen LogP contribution in [0.5, 0.6) is 11.5 Å². The summed E-state index contributed by atoms with van der Waals surface area (Å²) in [5.74, 6) is -0.377. The molecular weight excluding hydrogens is 552 g/mol. The summed E-state index contributed by atoms with van der Waals surface area (Å²) < 4.78 is 0. The van der Waals surface area contributed by atoms with Gasteiger partial charge in [0.05, 0.1) is 19.7 Å². The molecule has 4 aromatic carbocycles. The van der Waals surface area contributed by atoms with Gasteiger partial charge in [-0.05, 0) is 54.7 Å². The molecule has 216 valence electrons. The summed E-state index contributed by atoms with van der Waals surface area (Å²) in [7, 11) is 0. The fourth-order valence-corrected chi connectivity index (χ4v) is 3.99. The maximum Gasteiger partial charge on any atom is 0.269 e. The molecule has 0 unspecified atom stereocenters. The highest BCUT2D eigenvalue weighted by atomic mass is 16.6. The molecule has 14 nitrogen and oxygen atoms in total. The number of phenolic OH excluding ortho intramolecular Hbond substituents is 2. The third-order valence-electron chi connectivity index (χ3n) is 6.40. The number of phenols is 2. The summed E-state index contributed by atoms with van der Waals surface area (Å²) in [4.78, 5) is 41.0. The van der Waals surface area contributed by atoms with Gasteiger partial charge < -0.3 is 10.2 Å². The zero-order valence-corrected chi connectivity index (χ0v) is 22.3. The fraction of sp³-hybridized carbons (Fsp3) is 0.143. The van der Waals surface area contributed by atoms with Crippen LogP contribution < -0.4 is 0 Å². The molecule has 0 atom stereocenters. The highest BCUT2D eigenvalue weighted by molar-refractivity contribution is 5.50. The van der Waals surface area contributed by atoms with Gasteiger partial charge in [0.15, 0.2) is 0 Å². The second-order valence-corrected chi connectivity index (χ2v) is 9.23. The molecule has 14 heteroatoms. The Morgan fingerprint density at radius 2 is 0.738 bits per heavy atom. The average Bonchev–Trinajstić information content (AvgIpc) is 2.93. The molecule has 0 spiro atoms. The first-order valence-corrected chi connectivity index (χ1v) is 12.2. The normalized spacial score (nSPS) is 10.3. The number of hydrogen-bond donors (Lipinski definition) is 2. The second-order valence-electron chi connectivity index (χ2n) is 9.23. The molecule has 0 radical (unpaired) electrons. The number of non-ortho nitro benzene ring substituents is 4. The van der Waals surface area contributed by atoms with Gasteiger partial charge >= 0.3 is 0 Å². The van der Waals surface area contributed by atoms with E-state index in [1.807, 2.05) is 13.8 Å². The predicted octanol–water partition coefficient (Wildman–Crippen LogP) is 6.22. The van der Waals surface area contributed by atoms with Crippen LogP contribution in [-0.2, 0) is 12.8 Å². The van der Waals surface area contributed by atoms with Crippen molar-refractivity contribution < 1.29 is 29.9 Å². The molecule has 0 heterocycles. The lowest BCUT2D eigenvalue weighted by Crippen LogP contribution is -1.98. The maximum atomic E-state index is 10.8. The van der Waals surface area contributed by atoms with Gasteiger partial charge in [0.2, 0.25) is 0 Å². The molecule has 0 aliphatic heterocycles. The molecule has 0 bridgehead atoms. The van der Waals surface area contributed by atoms with Crippen LogP contribution in [0.2, 0.25) is 0 Å². The lowest BCUT2D eigenvalue weighted by Gasteiger charge is -2.08. The van der Waals surface area contributed by atoms with Crippen molar-refractivity contribution >= 4 is 22.7 Å². The van der Waals surface area contributed by atoms with E-state index in [-0.39, 0.29) is 51.8 Å². The van der Waals surface area contributed by atoms with Gasteiger partial charge in [-0.15, -0.1) is 0 Å². The summed E-state index contributed by atoms with van der Waals surface area (Å²) in [6, 6.07) is 16.3. The quantitative estimate of drug-likeness (QED) is 0.178. The van der Waals surface area contributed by atoms with E-state index < -0.39 is 19.7 Å². The molecule has 0 amide bonds. The number of benzene rings is 4. The fourth-order valence-electron chi connectivity index (χ4n) is 3.99. The molecule has 0 saturated heterocycles. The summed E-state index contributed by atoms with van der Waals surface area (Å²) in [6.45, 7) is 3.73. The van der Waals surface area contributed by atoms with Crippen LogP contribution in [-0.4, -0.2) is 29.9 Å². The number of nitro benzene ring substituents is 4. The minimum atomic E-state index is -0.615. The molecule has 0 aliphatic rings. The largest absolute Gasteiger partial charge is 0.508 e. The zero-order chi connectivity index (χ0) is 31.1. The molecule has 0 saturated carbocycles. The van der Waals surface area contributed by atoms with E-state index in [1.165, 1.54) is 36.4 Å². The van der Waals surface area contributed by atoms with Crippen molar-refractivity contribution in [3.63, 3.8) is 0 Å². The Bertz CT molecular complexity index is 1460. The molecule has 0 fully saturated rings. The van der Waals surface area contributed by atoms with E-state index in [1.54, 1.807) is 12.1 Å². The first kappa shape index (κ1) is 30.6. The lowest BCUT2D eigenvalue weighted by molar-refractivity contribution is -0.385. The minimum Gasteiger partial charge on any atom is -0.508 e. The third kappa shape index (κ3) is 7.59. The number of rotatable bonds is 8. The summed E-state index contributed by atoms with van der Waals surface area (Å²) in [6.07, 6.45) is 0.363. The van der Waals surface area contributed by atoms with Crippen molar-refractivity contribution in [1.29, 1.82) is 0 Å². The molecule has 2 N–H and O–H groups in total. The van der Waals surface area contributed by atoms with E-state index in [2.05, 4.69) is 0 Å². The van der Waals surface area contributed by atoms with Gasteiger partial charge in [-0.2, -0.15) is 0 Å². The Hall–Kier alpha value is -5.92. The smallest absolute Gasteiger partial charge is 0.269 e. The van der Waals surface area contributed by atoms with E-state index in [9.17, 15) is 50.7 Å². The SMILES string of the molecule is Cc1ccc([N+](=O)[O-])cc1Cc1cc([N+](=O)[O-])ccc1C.O=[N+]([O-])c1ccc(O)c(Cc2cc([N+](=O)[O-])ccc2O)c1. The lowest BCUT2D eigenvalue weighted by atomic mass is 9.96.